The zero-order chi connectivity index (χ0) is 41.2. The predicted molar refractivity (Wildman–Crippen MR) is 240 cm³/mol. The summed E-state index contributed by atoms with van der Waals surface area (Å²) in [5.74, 6) is -2.06. The first-order chi connectivity index (χ1) is 27.0. The Hall–Kier alpha value is -1.62. The van der Waals surface area contributed by atoms with Crippen LogP contribution in [0.15, 0.2) is 23.8 Å². The number of hydrogen-bond acceptors (Lipinski definition) is 5. The fourth-order valence-corrected chi connectivity index (χ4v) is 8.40. The molecule has 2 unspecified atom stereocenters. The Bertz CT molecular complexity index is 954. The highest BCUT2D eigenvalue weighted by Gasteiger charge is 2.37. The van der Waals surface area contributed by atoms with Crippen LogP contribution >= 0.6 is 0 Å². The Kier molecular flexibility index (Phi) is 32.1. The van der Waals surface area contributed by atoms with E-state index in [0.717, 1.165) is 44.1 Å². The van der Waals surface area contributed by atoms with E-state index in [1.165, 1.54) is 167 Å². The molecule has 1 aliphatic rings. The van der Waals surface area contributed by atoms with Gasteiger partial charge in [-0.15, -0.1) is 0 Å². The number of hydrogen-bond donors (Lipinski definition) is 1. The van der Waals surface area contributed by atoms with Gasteiger partial charge in [-0.25, -0.2) is 0 Å². The summed E-state index contributed by atoms with van der Waals surface area (Å²) in [7, 11) is 0. The molecule has 0 radical (unpaired) electrons. The molecule has 0 heterocycles. The Morgan fingerprint density at radius 2 is 0.839 bits per heavy atom. The molecule has 5 nitrogen and oxygen atoms in total. The summed E-state index contributed by atoms with van der Waals surface area (Å²) in [6.45, 7) is 13.3. The van der Waals surface area contributed by atoms with Crippen LogP contribution in [0.25, 0.3) is 0 Å². The quantitative estimate of drug-likeness (QED) is 0.0292. The van der Waals surface area contributed by atoms with E-state index in [9.17, 15) is 14.7 Å². The van der Waals surface area contributed by atoms with Crippen molar-refractivity contribution in [3.8, 4) is 0 Å². The van der Waals surface area contributed by atoms with Crippen molar-refractivity contribution in [3.63, 3.8) is 0 Å². The van der Waals surface area contributed by atoms with Crippen molar-refractivity contribution >= 4 is 11.9 Å². The third kappa shape index (κ3) is 27.9. The van der Waals surface area contributed by atoms with Gasteiger partial charge >= 0.3 is 11.9 Å². The van der Waals surface area contributed by atoms with E-state index in [2.05, 4.69) is 34.6 Å². The minimum Gasteiger partial charge on any atom is -0.465 e. The molecule has 0 aromatic heterocycles. The first kappa shape index (κ1) is 52.4. The van der Waals surface area contributed by atoms with Gasteiger partial charge in [0.2, 0.25) is 0 Å². The van der Waals surface area contributed by atoms with Crippen molar-refractivity contribution in [2.75, 3.05) is 13.2 Å². The molecule has 1 N–H and O–H groups in total. The van der Waals surface area contributed by atoms with Crippen LogP contribution in [0.2, 0.25) is 0 Å². The predicted octanol–water partition coefficient (Wildman–Crippen LogP) is 15.5. The minimum absolute atomic E-state index is 0.152. The van der Waals surface area contributed by atoms with E-state index in [1.807, 2.05) is 12.2 Å². The van der Waals surface area contributed by atoms with Crippen LogP contribution in [0.1, 0.15) is 253 Å². The number of ether oxygens (including phenoxy) is 2. The smallest absolute Gasteiger partial charge is 0.320 e. The van der Waals surface area contributed by atoms with Crippen LogP contribution in [-0.2, 0) is 19.1 Å². The summed E-state index contributed by atoms with van der Waals surface area (Å²) in [6.07, 6.45) is 47.6. The molecule has 1 aliphatic carbocycles. The van der Waals surface area contributed by atoms with E-state index >= 15 is 0 Å². The molecule has 0 aromatic rings. The minimum atomic E-state index is -1.05. The monoisotopic (exact) mass is 787 g/mol. The Morgan fingerprint density at radius 3 is 1.12 bits per heavy atom. The van der Waals surface area contributed by atoms with Gasteiger partial charge in [-0.3, -0.25) is 9.59 Å². The van der Waals surface area contributed by atoms with Crippen LogP contribution in [0, 0.1) is 17.3 Å². The highest BCUT2D eigenvalue weighted by molar-refractivity contribution is 5.95. The van der Waals surface area contributed by atoms with Gasteiger partial charge in [0.15, 0.2) is 5.92 Å². The lowest BCUT2D eigenvalue weighted by Crippen LogP contribution is -2.36. The number of unbranched alkanes of at least 4 members (excludes halogenated alkanes) is 30. The second-order valence-electron chi connectivity index (χ2n) is 18.7. The fourth-order valence-electron chi connectivity index (χ4n) is 8.40. The van der Waals surface area contributed by atoms with Gasteiger partial charge in [-0.2, -0.15) is 0 Å². The van der Waals surface area contributed by atoms with Gasteiger partial charge in [-0.05, 0) is 43.1 Å². The SMILES string of the molecule is CCCCCCCCCCCCCCCCCCOC(=O)C(CC1C=CC(C)(O)C(C(C)(C)C)=C1)C(=O)OCCCCCCCCCCCCCCCCCC. The van der Waals surface area contributed by atoms with Crippen molar-refractivity contribution in [1.29, 1.82) is 0 Å². The van der Waals surface area contributed by atoms with Crippen molar-refractivity contribution < 1.29 is 24.2 Å². The molecule has 0 fully saturated rings. The molecule has 1 rings (SSSR count). The largest absolute Gasteiger partial charge is 0.465 e. The highest BCUT2D eigenvalue weighted by atomic mass is 16.6. The zero-order valence-corrected chi connectivity index (χ0v) is 38.2. The van der Waals surface area contributed by atoms with Crippen LogP contribution < -0.4 is 0 Å². The van der Waals surface area contributed by atoms with E-state index < -0.39 is 23.5 Å². The molecule has 0 saturated carbocycles. The summed E-state index contributed by atoms with van der Waals surface area (Å²) < 4.78 is 11.4. The molecule has 2 atom stereocenters. The highest BCUT2D eigenvalue weighted by Crippen LogP contribution is 2.40. The fraction of sp³-hybridized carbons (Fsp3) is 0.882. The number of aliphatic hydroxyl groups is 1. The molecule has 0 saturated heterocycles. The molecule has 5 heteroatoms. The first-order valence-electron chi connectivity index (χ1n) is 24.5. The van der Waals surface area contributed by atoms with Gasteiger partial charge < -0.3 is 14.6 Å². The second-order valence-corrected chi connectivity index (χ2v) is 18.7. The van der Waals surface area contributed by atoms with Crippen molar-refractivity contribution in [3.05, 3.63) is 23.8 Å². The number of rotatable bonds is 38. The lowest BCUT2D eigenvalue weighted by Gasteiger charge is -2.37. The van der Waals surface area contributed by atoms with Gasteiger partial charge in [0.05, 0.1) is 13.2 Å². The van der Waals surface area contributed by atoms with E-state index in [1.54, 1.807) is 13.0 Å². The van der Waals surface area contributed by atoms with Crippen LogP contribution in [-0.4, -0.2) is 35.9 Å². The van der Waals surface area contributed by atoms with Crippen LogP contribution in [0.5, 0.6) is 0 Å². The third-order valence-electron chi connectivity index (χ3n) is 12.0. The number of esters is 2. The van der Waals surface area contributed by atoms with E-state index in [4.69, 9.17) is 9.47 Å². The van der Waals surface area contributed by atoms with Crippen molar-refractivity contribution in [2.24, 2.45) is 17.3 Å². The number of allylic oxidation sites excluding steroid dienone is 2. The molecule has 328 valence electrons. The maximum Gasteiger partial charge on any atom is 0.320 e. The average molecular weight is 787 g/mol. The molecular formula is C51H94O5. The van der Waals surface area contributed by atoms with Gasteiger partial charge in [0, 0.05) is 0 Å². The maximum absolute atomic E-state index is 13.4. The van der Waals surface area contributed by atoms with Crippen molar-refractivity contribution in [2.45, 2.75) is 259 Å². The normalized spacial score (nSPS) is 17.1. The summed E-state index contributed by atoms with van der Waals surface area (Å²) in [5.41, 5.74) is -0.394. The first-order valence-corrected chi connectivity index (χ1v) is 24.5. The lowest BCUT2D eigenvalue weighted by atomic mass is 9.71. The topological polar surface area (TPSA) is 72.8 Å². The summed E-state index contributed by atoms with van der Waals surface area (Å²) in [4.78, 5) is 26.8. The summed E-state index contributed by atoms with van der Waals surface area (Å²) in [5, 5.41) is 11.0. The maximum atomic E-state index is 13.4. The lowest BCUT2D eigenvalue weighted by molar-refractivity contribution is -0.162. The molecule has 0 aromatic carbocycles. The van der Waals surface area contributed by atoms with Crippen LogP contribution in [0.3, 0.4) is 0 Å². The molecule has 0 aliphatic heterocycles. The second kappa shape index (κ2) is 34.3. The molecule has 0 bridgehead atoms. The van der Waals surface area contributed by atoms with Crippen molar-refractivity contribution in [1.82, 2.24) is 0 Å². The Morgan fingerprint density at radius 1 is 0.554 bits per heavy atom. The van der Waals surface area contributed by atoms with Crippen LogP contribution in [0.4, 0.5) is 0 Å². The van der Waals surface area contributed by atoms with E-state index in [-0.39, 0.29) is 11.3 Å². The van der Waals surface area contributed by atoms with Gasteiger partial charge in [0.1, 0.15) is 5.60 Å². The zero-order valence-electron chi connectivity index (χ0n) is 38.2. The number of carbonyl (C=O) groups excluding carboxylic acids is 2. The molecular weight excluding hydrogens is 693 g/mol. The summed E-state index contributed by atoms with van der Waals surface area (Å²) in [6, 6.07) is 0. The van der Waals surface area contributed by atoms with Gasteiger partial charge in [-0.1, -0.05) is 245 Å². The average Bonchev–Trinajstić information content (AvgIpc) is 3.16. The third-order valence-corrected chi connectivity index (χ3v) is 12.0. The Labute approximate surface area is 348 Å². The molecule has 56 heavy (non-hydrogen) atoms. The number of carbonyl (C=O) groups is 2. The summed E-state index contributed by atoms with van der Waals surface area (Å²) >= 11 is 0. The standard InChI is InChI=1S/C51H94O5/c1-7-9-11-13-15-17-19-21-23-25-27-29-31-33-35-37-41-55-48(52)46(43-45-39-40-51(6,54)47(44-45)50(3,4)5)49(53)56-42-38-36-34-32-30-28-26-24-22-20-18-16-14-12-10-8-2/h39-40,44-46,54H,7-38,41-43H2,1-6H3. The van der Waals surface area contributed by atoms with Gasteiger partial charge in [0.25, 0.3) is 0 Å². The Balaban J connectivity index is 2.35. The molecule has 0 spiro atoms. The molecule has 0 amide bonds. The van der Waals surface area contributed by atoms with E-state index in [0.29, 0.717) is 19.6 Å².